The molecule has 246 valence electrons. The van der Waals surface area contributed by atoms with Crippen LogP contribution in [0.3, 0.4) is 0 Å². The normalized spacial score (nSPS) is 10.9. The van der Waals surface area contributed by atoms with Gasteiger partial charge in [-0.2, -0.15) is 0 Å². The minimum Gasteiger partial charge on any atom is -0.453 e. The van der Waals surface area contributed by atoms with Crippen molar-refractivity contribution in [3.8, 4) is 44.8 Å². The van der Waals surface area contributed by atoms with Gasteiger partial charge in [-0.25, -0.2) is 23.5 Å². The molecule has 8 aromatic rings. The Morgan fingerprint density at radius 3 is 1.62 bits per heavy atom. The minimum atomic E-state index is -0.519. The van der Waals surface area contributed by atoms with Crippen LogP contribution in [0.4, 0.5) is 25.0 Å². The highest BCUT2D eigenvalue weighted by Crippen LogP contribution is 2.28. The molecular weight excluding hydrogens is 634 g/mol. The van der Waals surface area contributed by atoms with E-state index in [4.69, 9.17) is 5.73 Å². The number of nitrogens with zero attached hydrogens (tertiary/aromatic N) is 4. The van der Waals surface area contributed by atoms with Crippen molar-refractivity contribution in [1.29, 1.82) is 0 Å². The Hall–Kier alpha value is -6.81. The molecule has 8 rings (SSSR count). The monoisotopic (exact) mass is 664 g/mol. The molecule has 0 unspecified atom stereocenters. The first-order valence-electron chi connectivity index (χ1n) is 15.6. The van der Waals surface area contributed by atoms with Crippen molar-refractivity contribution in [1.82, 2.24) is 18.8 Å². The number of halogens is 2. The van der Waals surface area contributed by atoms with E-state index in [0.717, 1.165) is 61.8 Å². The Balaban J connectivity index is 0.000000159. The SMILES string of the molecule is COC(=O)Nc1cccc(-c2cnc3cc(-c4ccc(F)cc4)ccn23)c1.Nc1cccc(-c2cnc3cc(-c4ccc(F)cc4)ccn23)c1. The van der Waals surface area contributed by atoms with Crippen LogP contribution in [0, 0.1) is 11.6 Å². The van der Waals surface area contributed by atoms with Crippen LogP contribution in [-0.4, -0.2) is 32.0 Å². The molecule has 0 spiro atoms. The summed E-state index contributed by atoms with van der Waals surface area (Å²) in [5.74, 6) is -0.497. The molecule has 0 bridgehead atoms. The van der Waals surface area contributed by atoms with Crippen molar-refractivity contribution < 1.29 is 18.3 Å². The number of nitrogens with one attached hydrogen (secondary N) is 1. The molecule has 4 aromatic heterocycles. The van der Waals surface area contributed by atoms with Crippen LogP contribution in [0.15, 0.2) is 146 Å². The first-order valence-corrected chi connectivity index (χ1v) is 15.6. The van der Waals surface area contributed by atoms with Gasteiger partial charge in [0.25, 0.3) is 0 Å². The van der Waals surface area contributed by atoms with E-state index >= 15 is 0 Å². The zero-order valence-corrected chi connectivity index (χ0v) is 26.8. The molecule has 4 aromatic carbocycles. The van der Waals surface area contributed by atoms with E-state index in [2.05, 4.69) is 20.0 Å². The molecule has 0 aliphatic carbocycles. The second-order valence-corrected chi connectivity index (χ2v) is 11.4. The lowest BCUT2D eigenvalue weighted by Crippen LogP contribution is -2.10. The summed E-state index contributed by atoms with van der Waals surface area (Å²) < 4.78 is 34.8. The van der Waals surface area contributed by atoms with Crippen molar-refractivity contribution in [2.45, 2.75) is 0 Å². The van der Waals surface area contributed by atoms with Gasteiger partial charge in [-0.15, -0.1) is 0 Å². The molecule has 0 saturated carbocycles. The quantitative estimate of drug-likeness (QED) is 0.179. The van der Waals surface area contributed by atoms with Crippen LogP contribution in [0.25, 0.3) is 56.1 Å². The number of methoxy groups -OCH3 is 1. The zero-order valence-electron chi connectivity index (χ0n) is 26.8. The Morgan fingerprint density at radius 1 is 0.620 bits per heavy atom. The Morgan fingerprint density at radius 2 is 1.12 bits per heavy atom. The number of ether oxygens (including phenoxy) is 1. The average Bonchev–Trinajstić information content (AvgIpc) is 3.77. The van der Waals surface area contributed by atoms with E-state index in [1.54, 1.807) is 36.5 Å². The predicted molar refractivity (Wildman–Crippen MR) is 192 cm³/mol. The number of imidazole rings is 2. The van der Waals surface area contributed by atoms with Crippen LogP contribution >= 0.6 is 0 Å². The molecule has 0 radical (unpaired) electrons. The maximum absolute atomic E-state index is 13.1. The zero-order chi connectivity index (χ0) is 34.6. The standard InChI is InChI=1S/C21H16FN3O2.C19H14FN3/c1-27-21(26)24-18-4-2-3-16(11-18)19-13-23-20-12-15(9-10-25(19)20)14-5-7-17(22)8-6-14;20-16-6-4-13(5-7-16)14-8-9-23-18(12-22-19(23)11-14)15-2-1-3-17(21)10-15/h2-13H,1H3,(H,24,26);1-12H,21H2. The number of carbonyl (C=O) groups is 1. The fraction of sp³-hybridized carbons (Fsp3) is 0.0250. The number of nitrogens with two attached hydrogens (primary N) is 1. The van der Waals surface area contributed by atoms with Gasteiger partial charge in [-0.3, -0.25) is 14.1 Å². The third-order valence-corrected chi connectivity index (χ3v) is 8.15. The van der Waals surface area contributed by atoms with Crippen molar-refractivity contribution in [2.24, 2.45) is 0 Å². The summed E-state index contributed by atoms with van der Waals surface area (Å²) in [4.78, 5) is 20.4. The van der Waals surface area contributed by atoms with Gasteiger partial charge in [0, 0.05) is 34.9 Å². The van der Waals surface area contributed by atoms with E-state index < -0.39 is 6.09 Å². The maximum atomic E-state index is 13.1. The summed E-state index contributed by atoms with van der Waals surface area (Å²) in [7, 11) is 1.32. The molecule has 0 atom stereocenters. The van der Waals surface area contributed by atoms with Crippen molar-refractivity contribution >= 4 is 28.8 Å². The number of carbonyl (C=O) groups excluding carboxylic acids is 1. The number of hydrogen-bond donors (Lipinski definition) is 2. The molecular formula is C40H30F2N6O2. The van der Waals surface area contributed by atoms with Gasteiger partial charge in [0.2, 0.25) is 0 Å². The highest BCUT2D eigenvalue weighted by Gasteiger charge is 2.10. The number of aromatic nitrogens is 4. The predicted octanol–water partition coefficient (Wildman–Crippen LogP) is 9.38. The van der Waals surface area contributed by atoms with Crippen molar-refractivity contribution in [2.75, 3.05) is 18.2 Å². The molecule has 0 aliphatic rings. The van der Waals surface area contributed by atoms with Crippen LogP contribution < -0.4 is 11.1 Å². The van der Waals surface area contributed by atoms with Crippen LogP contribution in [-0.2, 0) is 4.74 Å². The Kier molecular flexibility index (Phi) is 8.73. The number of pyridine rings is 2. The maximum Gasteiger partial charge on any atom is 0.411 e. The molecule has 0 fully saturated rings. The van der Waals surface area contributed by atoms with Gasteiger partial charge >= 0.3 is 6.09 Å². The number of amides is 1. The molecule has 4 heterocycles. The average molecular weight is 665 g/mol. The summed E-state index contributed by atoms with van der Waals surface area (Å²) in [5.41, 5.74) is 16.5. The van der Waals surface area contributed by atoms with Crippen molar-refractivity contribution in [3.05, 3.63) is 158 Å². The first-order chi connectivity index (χ1) is 24.3. The molecule has 1 amide bonds. The topological polar surface area (TPSA) is 98.9 Å². The summed E-state index contributed by atoms with van der Waals surface area (Å²) >= 11 is 0. The van der Waals surface area contributed by atoms with Gasteiger partial charge in [0.1, 0.15) is 22.9 Å². The van der Waals surface area contributed by atoms with E-state index in [0.29, 0.717) is 5.69 Å². The van der Waals surface area contributed by atoms with Gasteiger partial charge in [-0.1, -0.05) is 48.5 Å². The van der Waals surface area contributed by atoms with Crippen LogP contribution in [0.2, 0.25) is 0 Å². The number of benzene rings is 4. The Labute approximate surface area is 286 Å². The molecule has 0 saturated heterocycles. The van der Waals surface area contributed by atoms with E-state index in [-0.39, 0.29) is 11.6 Å². The second kappa shape index (κ2) is 13.7. The number of hydrogen-bond acceptors (Lipinski definition) is 5. The number of rotatable bonds is 5. The summed E-state index contributed by atoms with van der Waals surface area (Å²) in [6, 6.07) is 35.9. The third-order valence-electron chi connectivity index (χ3n) is 8.15. The van der Waals surface area contributed by atoms with Gasteiger partial charge < -0.3 is 10.5 Å². The summed E-state index contributed by atoms with van der Waals surface area (Å²) in [5, 5.41) is 2.66. The van der Waals surface area contributed by atoms with E-state index in [1.807, 2.05) is 94.1 Å². The van der Waals surface area contributed by atoms with Crippen LogP contribution in [0.1, 0.15) is 0 Å². The number of anilines is 2. The van der Waals surface area contributed by atoms with Gasteiger partial charge in [0.15, 0.2) is 0 Å². The lowest BCUT2D eigenvalue weighted by molar-refractivity contribution is 0.187. The second-order valence-electron chi connectivity index (χ2n) is 11.4. The molecule has 0 aliphatic heterocycles. The Bertz CT molecular complexity index is 2450. The first kappa shape index (κ1) is 31.8. The molecule has 3 N–H and O–H groups in total. The van der Waals surface area contributed by atoms with Gasteiger partial charge in [0.05, 0.1) is 30.9 Å². The minimum absolute atomic E-state index is 0.236. The third kappa shape index (κ3) is 6.76. The highest BCUT2D eigenvalue weighted by atomic mass is 19.1. The van der Waals surface area contributed by atoms with E-state index in [9.17, 15) is 13.6 Å². The van der Waals surface area contributed by atoms with E-state index in [1.165, 1.54) is 31.4 Å². The highest BCUT2D eigenvalue weighted by molar-refractivity contribution is 5.86. The molecule has 8 nitrogen and oxygen atoms in total. The number of fused-ring (bicyclic) bond motifs is 2. The lowest BCUT2D eigenvalue weighted by atomic mass is 10.1. The van der Waals surface area contributed by atoms with Crippen LogP contribution in [0.5, 0.6) is 0 Å². The summed E-state index contributed by atoms with van der Waals surface area (Å²) in [6.07, 6.45) is 6.99. The molecule has 50 heavy (non-hydrogen) atoms. The molecule has 10 heteroatoms. The summed E-state index contributed by atoms with van der Waals surface area (Å²) in [6.45, 7) is 0. The van der Waals surface area contributed by atoms with Crippen molar-refractivity contribution in [3.63, 3.8) is 0 Å². The smallest absolute Gasteiger partial charge is 0.411 e. The van der Waals surface area contributed by atoms with Gasteiger partial charge in [-0.05, 0) is 95.1 Å². The largest absolute Gasteiger partial charge is 0.453 e. The lowest BCUT2D eigenvalue weighted by Gasteiger charge is -2.07. The fourth-order valence-corrected chi connectivity index (χ4v) is 5.66. The fourth-order valence-electron chi connectivity index (χ4n) is 5.66. The number of nitrogen functional groups attached to an aromatic ring is 1.